The third-order valence-electron chi connectivity index (χ3n) is 3.63. The molecule has 1 saturated carbocycles. The molecule has 6 heteroatoms. The fraction of sp³-hybridized carbons (Fsp3) is 0.429. The molecular formula is C14H14INO2S2. The van der Waals surface area contributed by atoms with Gasteiger partial charge in [0.1, 0.15) is 10.1 Å². The molecule has 1 aliphatic carbocycles. The first-order valence-electron chi connectivity index (χ1n) is 6.67. The van der Waals surface area contributed by atoms with E-state index >= 15 is 0 Å². The van der Waals surface area contributed by atoms with Gasteiger partial charge in [-0.05, 0) is 47.6 Å². The first kappa shape index (κ1) is 14.6. The minimum absolute atomic E-state index is 0.0401. The van der Waals surface area contributed by atoms with E-state index in [-0.39, 0.29) is 5.91 Å². The Balaban J connectivity index is 1.81. The second kappa shape index (κ2) is 6.19. The van der Waals surface area contributed by atoms with E-state index in [0.717, 1.165) is 16.6 Å². The van der Waals surface area contributed by atoms with Crippen LogP contribution in [-0.4, -0.2) is 21.2 Å². The van der Waals surface area contributed by atoms with Crippen molar-refractivity contribution >= 4 is 62.9 Å². The third kappa shape index (κ3) is 2.96. The van der Waals surface area contributed by atoms with Gasteiger partial charge in [0.05, 0.1) is 4.91 Å². The quantitative estimate of drug-likeness (QED) is 0.404. The Morgan fingerprint density at radius 3 is 2.75 bits per heavy atom. The zero-order chi connectivity index (χ0) is 14.1. The van der Waals surface area contributed by atoms with Gasteiger partial charge in [0.2, 0.25) is 0 Å². The van der Waals surface area contributed by atoms with Crippen molar-refractivity contribution in [3.8, 4) is 0 Å². The molecule has 3 rings (SSSR count). The smallest absolute Gasteiger partial charge is 0.266 e. The Bertz CT molecular complexity index is 575. The van der Waals surface area contributed by atoms with E-state index in [1.54, 1.807) is 6.08 Å². The molecule has 106 valence electrons. The summed E-state index contributed by atoms with van der Waals surface area (Å²) >= 11 is 8.89. The van der Waals surface area contributed by atoms with Crippen LogP contribution >= 0.6 is 46.6 Å². The lowest BCUT2D eigenvalue weighted by molar-refractivity contribution is -0.124. The average Bonchev–Trinajstić information content (AvgIpc) is 2.96. The molecule has 2 heterocycles. The van der Waals surface area contributed by atoms with Gasteiger partial charge in [0, 0.05) is 12.1 Å². The van der Waals surface area contributed by atoms with Gasteiger partial charge in [-0.2, -0.15) is 0 Å². The predicted octanol–water partition coefficient (Wildman–Crippen LogP) is 4.42. The molecule has 3 nitrogen and oxygen atoms in total. The maximum atomic E-state index is 12.5. The lowest BCUT2D eigenvalue weighted by Gasteiger charge is -2.29. The maximum absolute atomic E-state index is 12.5. The number of thiocarbonyl (C=S) groups is 1. The number of carbonyl (C=O) groups excluding carboxylic acids is 1. The molecular weight excluding hydrogens is 405 g/mol. The molecule has 0 unspecified atom stereocenters. The average molecular weight is 419 g/mol. The molecule has 1 amide bonds. The van der Waals surface area contributed by atoms with E-state index in [1.807, 2.05) is 17.0 Å². The van der Waals surface area contributed by atoms with Crippen LogP contribution in [0.4, 0.5) is 0 Å². The number of furan rings is 1. The largest absolute Gasteiger partial charge is 0.451 e. The molecule has 2 fully saturated rings. The molecule has 0 N–H and O–H groups in total. The summed E-state index contributed by atoms with van der Waals surface area (Å²) in [6.45, 7) is 0. The summed E-state index contributed by atoms with van der Waals surface area (Å²) in [6, 6.07) is 4.04. The maximum Gasteiger partial charge on any atom is 0.266 e. The van der Waals surface area contributed by atoms with Gasteiger partial charge < -0.3 is 4.42 Å². The second-order valence-corrected chi connectivity index (χ2v) is 7.72. The Labute approximate surface area is 141 Å². The van der Waals surface area contributed by atoms with Crippen LogP contribution in [-0.2, 0) is 4.79 Å². The van der Waals surface area contributed by atoms with E-state index < -0.39 is 0 Å². The van der Waals surface area contributed by atoms with Crippen molar-refractivity contribution in [2.45, 2.75) is 38.1 Å². The summed E-state index contributed by atoms with van der Waals surface area (Å²) in [4.78, 5) is 15.0. The van der Waals surface area contributed by atoms with Crippen molar-refractivity contribution < 1.29 is 9.21 Å². The van der Waals surface area contributed by atoms with Gasteiger partial charge in [-0.15, -0.1) is 0 Å². The molecule has 1 aromatic heterocycles. The summed E-state index contributed by atoms with van der Waals surface area (Å²) < 4.78 is 7.00. The van der Waals surface area contributed by atoms with Crippen molar-refractivity contribution in [1.29, 1.82) is 0 Å². The van der Waals surface area contributed by atoms with Crippen molar-refractivity contribution in [2.24, 2.45) is 0 Å². The standard InChI is InChI=1S/C14H14INO2S2/c15-12-7-6-10(18-12)8-11-13(17)16(14(19)20-11)9-4-2-1-3-5-9/h6-9H,1-5H2/b11-8-. The molecule has 0 spiro atoms. The highest BCUT2D eigenvalue weighted by Crippen LogP contribution is 2.37. The second-order valence-electron chi connectivity index (χ2n) is 4.99. The lowest BCUT2D eigenvalue weighted by Crippen LogP contribution is -2.39. The van der Waals surface area contributed by atoms with E-state index in [1.165, 1.54) is 31.0 Å². The molecule has 1 aliphatic heterocycles. The molecule has 0 bridgehead atoms. The van der Waals surface area contributed by atoms with Crippen LogP contribution in [0.15, 0.2) is 21.5 Å². The first-order valence-corrected chi connectivity index (χ1v) is 8.98. The van der Waals surface area contributed by atoms with Gasteiger partial charge in [0.25, 0.3) is 5.91 Å². The number of hydrogen-bond donors (Lipinski definition) is 0. The first-order chi connectivity index (χ1) is 9.65. The van der Waals surface area contributed by atoms with Crippen LogP contribution in [0.2, 0.25) is 0 Å². The zero-order valence-corrected chi connectivity index (χ0v) is 14.6. The van der Waals surface area contributed by atoms with E-state index in [0.29, 0.717) is 21.0 Å². The van der Waals surface area contributed by atoms with Crippen molar-refractivity contribution in [3.05, 3.63) is 26.6 Å². The lowest BCUT2D eigenvalue weighted by atomic mass is 9.94. The minimum atomic E-state index is 0.0401. The summed E-state index contributed by atoms with van der Waals surface area (Å²) in [5.41, 5.74) is 0. The van der Waals surface area contributed by atoms with Gasteiger partial charge in [-0.1, -0.05) is 43.2 Å². The van der Waals surface area contributed by atoms with Crippen LogP contribution in [0.5, 0.6) is 0 Å². The number of amides is 1. The number of nitrogens with zero attached hydrogens (tertiary/aromatic N) is 1. The third-order valence-corrected chi connectivity index (χ3v) is 5.54. The van der Waals surface area contributed by atoms with Crippen LogP contribution < -0.4 is 0 Å². The highest BCUT2D eigenvalue weighted by molar-refractivity contribution is 14.1. The fourth-order valence-corrected chi connectivity index (χ4v) is 4.48. The number of carbonyl (C=O) groups is 1. The molecule has 1 saturated heterocycles. The molecule has 0 radical (unpaired) electrons. The zero-order valence-electron chi connectivity index (χ0n) is 10.8. The summed E-state index contributed by atoms with van der Waals surface area (Å²) in [5, 5.41) is 0. The van der Waals surface area contributed by atoms with Crippen molar-refractivity contribution in [3.63, 3.8) is 0 Å². The number of halogens is 1. The predicted molar refractivity (Wildman–Crippen MR) is 93.3 cm³/mol. The Hall–Kier alpha value is -0.340. The summed E-state index contributed by atoms with van der Waals surface area (Å²) in [6.07, 6.45) is 7.58. The van der Waals surface area contributed by atoms with Crippen LogP contribution in [0.25, 0.3) is 6.08 Å². The Morgan fingerprint density at radius 1 is 1.35 bits per heavy atom. The van der Waals surface area contributed by atoms with Gasteiger partial charge >= 0.3 is 0 Å². The summed E-state index contributed by atoms with van der Waals surface area (Å²) in [5.74, 6) is 0.747. The highest BCUT2D eigenvalue weighted by atomic mass is 127. The highest BCUT2D eigenvalue weighted by Gasteiger charge is 2.37. The summed E-state index contributed by atoms with van der Waals surface area (Å²) in [7, 11) is 0. The minimum Gasteiger partial charge on any atom is -0.451 e. The Morgan fingerprint density at radius 2 is 2.10 bits per heavy atom. The van der Waals surface area contributed by atoms with Gasteiger partial charge in [-0.3, -0.25) is 9.69 Å². The van der Waals surface area contributed by atoms with E-state index in [4.69, 9.17) is 16.6 Å². The Kier molecular flexibility index (Phi) is 4.52. The molecule has 0 atom stereocenters. The van der Waals surface area contributed by atoms with Gasteiger partial charge in [-0.25, -0.2) is 0 Å². The molecule has 1 aromatic rings. The van der Waals surface area contributed by atoms with Crippen LogP contribution in [0.1, 0.15) is 37.9 Å². The van der Waals surface area contributed by atoms with Crippen LogP contribution in [0, 0.1) is 3.77 Å². The van der Waals surface area contributed by atoms with E-state index in [2.05, 4.69) is 22.6 Å². The normalized spacial score (nSPS) is 23.1. The molecule has 2 aliphatic rings. The fourth-order valence-electron chi connectivity index (χ4n) is 2.67. The topological polar surface area (TPSA) is 33.5 Å². The molecule has 20 heavy (non-hydrogen) atoms. The van der Waals surface area contributed by atoms with Crippen molar-refractivity contribution in [2.75, 3.05) is 0 Å². The number of rotatable bonds is 2. The van der Waals surface area contributed by atoms with Crippen LogP contribution in [0.3, 0.4) is 0 Å². The number of thioether (sulfide) groups is 1. The monoisotopic (exact) mass is 419 g/mol. The van der Waals surface area contributed by atoms with Crippen molar-refractivity contribution in [1.82, 2.24) is 4.90 Å². The van der Waals surface area contributed by atoms with E-state index in [9.17, 15) is 4.79 Å². The SMILES string of the molecule is O=C1/C(=C/c2ccc(I)o2)SC(=S)N1C1CCCCC1. The molecule has 0 aromatic carbocycles. The van der Waals surface area contributed by atoms with Gasteiger partial charge in [0.15, 0.2) is 3.77 Å². The number of hydrogen-bond acceptors (Lipinski definition) is 4.